The summed E-state index contributed by atoms with van der Waals surface area (Å²) in [4.78, 5) is 12.4. The molecule has 0 aromatic heterocycles. The average molecular weight is 374 g/mol. The molecule has 3 aromatic carbocycles. The SMILES string of the molecule is O=C(CN1c2cccc3cccc(c23)S1(=O)=O)Nc1ccc(F)cc1F. The second-order valence-corrected chi connectivity index (χ2v) is 7.65. The van der Waals surface area contributed by atoms with Crippen LogP contribution in [0.3, 0.4) is 0 Å². The Labute approximate surface area is 147 Å². The van der Waals surface area contributed by atoms with Gasteiger partial charge in [0.2, 0.25) is 5.91 Å². The molecule has 0 bridgehead atoms. The number of benzene rings is 3. The Hall–Kier alpha value is -3.00. The maximum absolute atomic E-state index is 13.7. The van der Waals surface area contributed by atoms with E-state index in [0.29, 0.717) is 17.1 Å². The summed E-state index contributed by atoms with van der Waals surface area (Å²) in [5.74, 6) is -2.44. The zero-order valence-electron chi connectivity index (χ0n) is 13.2. The normalized spacial score (nSPS) is 14.6. The van der Waals surface area contributed by atoms with Crippen LogP contribution in [0.5, 0.6) is 0 Å². The number of anilines is 2. The van der Waals surface area contributed by atoms with E-state index >= 15 is 0 Å². The Balaban J connectivity index is 1.67. The maximum Gasteiger partial charge on any atom is 0.265 e. The molecule has 0 fully saturated rings. The highest BCUT2D eigenvalue weighted by Crippen LogP contribution is 2.41. The molecule has 0 aliphatic carbocycles. The standard InChI is InChI=1S/C18H12F2N2O3S/c19-12-7-8-14(13(20)9-12)21-17(23)10-22-15-5-1-3-11-4-2-6-16(18(11)15)26(22,24)25/h1-9H,10H2,(H,21,23). The van der Waals surface area contributed by atoms with Gasteiger partial charge in [0.15, 0.2) is 0 Å². The summed E-state index contributed by atoms with van der Waals surface area (Å²) in [6.07, 6.45) is 0. The predicted octanol–water partition coefficient (Wildman–Crippen LogP) is 3.27. The van der Waals surface area contributed by atoms with E-state index in [1.165, 1.54) is 6.07 Å². The Morgan fingerprint density at radius 2 is 1.77 bits per heavy atom. The molecule has 0 saturated carbocycles. The molecule has 132 valence electrons. The third kappa shape index (κ3) is 2.50. The first-order valence-electron chi connectivity index (χ1n) is 7.67. The summed E-state index contributed by atoms with van der Waals surface area (Å²) in [5, 5.41) is 3.57. The van der Waals surface area contributed by atoms with Crippen LogP contribution in [0.15, 0.2) is 59.5 Å². The van der Waals surface area contributed by atoms with Crippen LogP contribution in [-0.4, -0.2) is 20.9 Å². The third-order valence-electron chi connectivity index (χ3n) is 4.17. The molecule has 1 amide bonds. The minimum atomic E-state index is -3.88. The fourth-order valence-electron chi connectivity index (χ4n) is 3.04. The van der Waals surface area contributed by atoms with Crippen LogP contribution in [0.1, 0.15) is 0 Å². The van der Waals surface area contributed by atoms with Crippen LogP contribution in [0.2, 0.25) is 0 Å². The molecule has 0 saturated heterocycles. The lowest BCUT2D eigenvalue weighted by molar-refractivity contribution is -0.114. The van der Waals surface area contributed by atoms with Crippen molar-refractivity contribution in [3.05, 3.63) is 66.2 Å². The molecule has 0 radical (unpaired) electrons. The van der Waals surface area contributed by atoms with Gasteiger partial charge in [0.05, 0.1) is 16.3 Å². The Kier molecular flexibility index (Phi) is 3.66. The van der Waals surface area contributed by atoms with E-state index in [1.807, 2.05) is 0 Å². The third-order valence-corrected chi connectivity index (χ3v) is 5.98. The minimum Gasteiger partial charge on any atom is -0.322 e. The molecule has 5 nitrogen and oxygen atoms in total. The number of nitrogens with one attached hydrogen (secondary N) is 1. The summed E-state index contributed by atoms with van der Waals surface area (Å²) >= 11 is 0. The second-order valence-electron chi connectivity index (χ2n) is 5.82. The quantitative estimate of drug-likeness (QED) is 0.765. The molecule has 8 heteroatoms. The van der Waals surface area contributed by atoms with Crippen molar-refractivity contribution >= 4 is 38.1 Å². The average Bonchev–Trinajstić information content (AvgIpc) is 2.81. The largest absolute Gasteiger partial charge is 0.322 e. The highest BCUT2D eigenvalue weighted by molar-refractivity contribution is 7.93. The van der Waals surface area contributed by atoms with Crippen molar-refractivity contribution in [2.45, 2.75) is 4.90 Å². The first-order chi connectivity index (χ1) is 12.4. The number of amides is 1. The molecule has 1 heterocycles. The zero-order valence-corrected chi connectivity index (χ0v) is 14.1. The Morgan fingerprint density at radius 3 is 2.50 bits per heavy atom. The molecule has 1 N–H and O–H groups in total. The lowest BCUT2D eigenvalue weighted by Gasteiger charge is -2.18. The van der Waals surface area contributed by atoms with Gasteiger partial charge in [0.1, 0.15) is 18.2 Å². The van der Waals surface area contributed by atoms with Gasteiger partial charge < -0.3 is 5.32 Å². The lowest BCUT2D eigenvalue weighted by Crippen LogP contribution is -2.35. The molecule has 3 aromatic rings. The number of carbonyl (C=O) groups is 1. The predicted molar refractivity (Wildman–Crippen MR) is 93.5 cm³/mol. The monoisotopic (exact) mass is 374 g/mol. The van der Waals surface area contributed by atoms with Gasteiger partial charge in [-0.2, -0.15) is 0 Å². The van der Waals surface area contributed by atoms with E-state index in [-0.39, 0.29) is 10.6 Å². The topological polar surface area (TPSA) is 66.5 Å². The van der Waals surface area contributed by atoms with E-state index in [0.717, 1.165) is 21.8 Å². The smallest absolute Gasteiger partial charge is 0.265 e. The lowest BCUT2D eigenvalue weighted by atomic mass is 10.1. The Morgan fingerprint density at radius 1 is 1.04 bits per heavy atom. The number of carbonyl (C=O) groups excluding carboxylic acids is 1. The molecule has 26 heavy (non-hydrogen) atoms. The van der Waals surface area contributed by atoms with Crippen LogP contribution in [0.4, 0.5) is 20.2 Å². The van der Waals surface area contributed by atoms with Gasteiger partial charge in [-0.1, -0.05) is 24.3 Å². The van der Waals surface area contributed by atoms with E-state index in [1.54, 1.807) is 30.3 Å². The van der Waals surface area contributed by atoms with Gasteiger partial charge in [0, 0.05) is 11.5 Å². The highest BCUT2D eigenvalue weighted by Gasteiger charge is 2.36. The number of nitrogens with zero attached hydrogens (tertiary/aromatic N) is 1. The van der Waals surface area contributed by atoms with E-state index in [9.17, 15) is 22.0 Å². The van der Waals surface area contributed by atoms with Gasteiger partial charge in [-0.05, 0) is 29.7 Å². The van der Waals surface area contributed by atoms with Crippen molar-refractivity contribution in [1.82, 2.24) is 0 Å². The zero-order chi connectivity index (χ0) is 18.5. The minimum absolute atomic E-state index is 0.131. The van der Waals surface area contributed by atoms with Crippen LogP contribution in [0.25, 0.3) is 10.8 Å². The van der Waals surface area contributed by atoms with Gasteiger partial charge in [-0.3, -0.25) is 9.10 Å². The molecule has 0 atom stereocenters. The van der Waals surface area contributed by atoms with Crippen LogP contribution < -0.4 is 9.62 Å². The summed E-state index contributed by atoms with van der Waals surface area (Å²) < 4.78 is 53.2. The first kappa shape index (κ1) is 16.5. The highest BCUT2D eigenvalue weighted by atomic mass is 32.2. The molecular formula is C18H12F2N2O3S. The van der Waals surface area contributed by atoms with Crippen molar-refractivity contribution in [1.29, 1.82) is 0 Å². The maximum atomic E-state index is 13.7. The van der Waals surface area contributed by atoms with Gasteiger partial charge in [0.25, 0.3) is 10.0 Å². The van der Waals surface area contributed by atoms with Crippen molar-refractivity contribution in [3.8, 4) is 0 Å². The van der Waals surface area contributed by atoms with Gasteiger partial charge >= 0.3 is 0 Å². The molecular weight excluding hydrogens is 362 g/mol. The molecule has 0 spiro atoms. The number of halogens is 2. The number of hydrogen-bond donors (Lipinski definition) is 1. The molecule has 1 aliphatic heterocycles. The fourth-order valence-corrected chi connectivity index (χ4v) is 4.71. The van der Waals surface area contributed by atoms with Crippen LogP contribution in [-0.2, 0) is 14.8 Å². The van der Waals surface area contributed by atoms with Gasteiger partial charge in [-0.25, -0.2) is 17.2 Å². The molecule has 0 unspecified atom stereocenters. The van der Waals surface area contributed by atoms with Crippen molar-refractivity contribution in [2.24, 2.45) is 0 Å². The first-order valence-corrected chi connectivity index (χ1v) is 9.11. The summed E-state index contributed by atoms with van der Waals surface area (Å²) in [5.41, 5.74) is 0.177. The number of sulfonamides is 1. The fraction of sp³-hybridized carbons (Fsp3) is 0.0556. The Bertz CT molecular complexity index is 1160. The van der Waals surface area contributed by atoms with E-state index in [2.05, 4.69) is 5.32 Å². The summed E-state index contributed by atoms with van der Waals surface area (Å²) in [6.45, 7) is -0.521. The number of hydrogen-bond acceptors (Lipinski definition) is 3. The second kappa shape index (κ2) is 5.77. The van der Waals surface area contributed by atoms with Gasteiger partial charge in [-0.15, -0.1) is 0 Å². The van der Waals surface area contributed by atoms with Crippen molar-refractivity contribution < 1.29 is 22.0 Å². The molecule has 4 rings (SSSR count). The van der Waals surface area contributed by atoms with Crippen LogP contribution in [0, 0.1) is 11.6 Å². The van der Waals surface area contributed by atoms with Crippen LogP contribution >= 0.6 is 0 Å². The van der Waals surface area contributed by atoms with E-state index in [4.69, 9.17) is 0 Å². The van der Waals surface area contributed by atoms with E-state index < -0.39 is 34.1 Å². The van der Waals surface area contributed by atoms with Crippen molar-refractivity contribution in [3.63, 3.8) is 0 Å². The van der Waals surface area contributed by atoms with Crippen molar-refractivity contribution in [2.75, 3.05) is 16.2 Å². The molecule has 1 aliphatic rings. The summed E-state index contributed by atoms with van der Waals surface area (Å²) in [7, 11) is -3.88. The number of rotatable bonds is 3. The summed E-state index contributed by atoms with van der Waals surface area (Å²) in [6, 6.07) is 12.7.